The van der Waals surface area contributed by atoms with Crippen molar-refractivity contribution in [2.45, 2.75) is 33.2 Å². The third-order valence-electron chi connectivity index (χ3n) is 2.68. The number of aromatic nitrogens is 2. The first-order valence-electron chi connectivity index (χ1n) is 6.05. The van der Waals surface area contributed by atoms with Crippen LogP contribution < -0.4 is 5.32 Å². The van der Waals surface area contributed by atoms with Gasteiger partial charge in [0.25, 0.3) is 0 Å². The average molecular weight is 242 g/mol. The van der Waals surface area contributed by atoms with Crippen LogP contribution in [0.2, 0.25) is 0 Å². The molecule has 0 spiro atoms. The largest absolute Gasteiger partial charge is 0.311 e. The molecular formula is C11H22N4S. The molecule has 16 heavy (non-hydrogen) atoms. The molecule has 0 aliphatic heterocycles. The second-order valence-corrected chi connectivity index (χ2v) is 4.42. The predicted molar refractivity (Wildman–Crippen MR) is 68.6 cm³/mol. The molecule has 0 saturated carbocycles. The van der Waals surface area contributed by atoms with Crippen LogP contribution in [0.15, 0.2) is 5.38 Å². The van der Waals surface area contributed by atoms with E-state index >= 15 is 0 Å². The zero-order valence-corrected chi connectivity index (χ0v) is 11.1. The zero-order valence-electron chi connectivity index (χ0n) is 10.3. The molecule has 1 aromatic rings. The van der Waals surface area contributed by atoms with Gasteiger partial charge >= 0.3 is 0 Å². The summed E-state index contributed by atoms with van der Waals surface area (Å²) in [5, 5.41) is 9.36. The van der Waals surface area contributed by atoms with Gasteiger partial charge in [0.2, 0.25) is 0 Å². The van der Waals surface area contributed by atoms with Gasteiger partial charge in [-0.25, -0.2) is 0 Å². The fourth-order valence-electron chi connectivity index (χ4n) is 1.60. The topological polar surface area (TPSA) is 41.0 Å². The van der Waals surface area contributed by atoms with Crippen LogP contribution in [0.3, 0.4) is 0 Å². The highest BCUT2D eigenvalue weighted by Crippen LogP contribution is 1.97. The molecule has 0 amide bonds. The van der Waals surface area contributed by atoms with E-state index in [1.807, 2.05) is 5.38 Å². The first kappa shape index (κ1) is 13.5. The summed E-state index contributed by atoms with van der Waals surface area (Å²) in [6.07, 6.45) is 2.50. The summed E-state index contributed by atoms with van der Waals surface area (Å²) >= 11 is 1.41. The fraction of sp³-hybridized carbons (Fsp3) is 0.818. The Bertz CT molecular complexity index is 246. The van der Waals surface area contributed by atoms with Crippen molar-refractivity contribution in [1.82, 2.24) is 19.8 Å². The molecule has 0 aliphatic carbocycles. The molecule has 1 rings (SSSR count). The van der Waals surface area contributed by atoms with Gasteiger partial charge in [-0.1, -0.05) is 18.3 Å². The van der Waals surface area contributed by atoms with E-state index < -0.39 is 0 Å². The van der Waals surface area contributed by atoms with Gasteiger partial charge in [0.15, 0.2) is 0 Å². The summed E-state index contributed by atoms with van der Waals surface area (Å²) in [4.78, 5) is 2.46. The summed E-state index contributed by atoms with van der Waals surface area (Å²) in [7, 11) is 0. The van der Waals surface area contributed by atoms with Crippen LogP contribution >= 0.6 is 11.5 Å². The number of rotatable bonds is 9. The van der Waals surface area contributed by atoms with Crippen molar-refractivity contribution in [3.05, 3.63) is 11.1 Å². The van der Waals surface area contributed by atoms with Crippen molar-refractivity contribution in [2.24, 2.45) is 0 Å². The molecule has 0 aliphatic rings. The summed E-state index contributed by atoms with van der Waals surface area (Å²) in [6.45, 7) is 9.89. The summed E-state index contributed by atoms with van der Waals surface area (Å²) < 4.78 is 3.83. The van der Waals surface area contributed by atoms with Crippen LogP contribution in [0, 0.1) is 0 Å². The van der Waals surface area contributed by atoms with Crippen molar-refractivity contribution in [1.29, 1.82) is 0 Å². The Balaban J connectivity index is 1.92. The van der Waals surface area contributed by atoms with Gasteiger partial charge in [0.1, 0.15) is 0 Å². The van der Waals surface area contributed by atoms with Crippen LogP contribution in [0.1, 0.15) is 32.4 Å². The van der Waals surface area contributed by atoms with Crippen LogP contribution in [0.5, 0.6) is 0 Å². The highest BCUT2D eigenvalue weighted by molar-refractivity contribution is 7.03. The Morgan fingerprint density at radius 1 is 1.31 bits per heavy atom. The van der Waals surface area contributed by atoms with Crippen LogP contribution in [0.4, 0.5) is 0 Å². The molecule has 0 aromatic carbocycles. The maximum atomic E-state index is 3.99. The summed E-state index contributed by atoms with van der Waals surface area (Å²) in [6, 6.07) is 0. The number of nitrogens with zero attached hydrogens (tertiary/aromatic N) is 3. The summed E-state index contributed by atoms with van der Waals surface area (Å²) in [5.41, 5.74) is 1.05. The lowest BCUT2D eigenvalue weighted by atomic mass is 10.3. The molecule has 5 heteroatoms. The van der Waals surface area contributed by atoms with E-state index in [-0.39, 0.29) is 0 Å². The van der Waals surface area contributed by atoms with Crippen molar-refractivity contribution < 1.29 is 0 Å². The normalized spacial score (nSPS) is 11.2. The smallest absolute Gasteiger partial charge is 0.0893 e. The maximum absolute atomic E-state index is 3.99. The number of nitrogens with one attached hydrogen (secondary N) is 1. The SMILES string of the molecule is CCN(CC)CCCCNCc1csnn1. The number of hydrogen-bond acceptors (Lipinski definition) is 5. The maximum Gasteiger partial charge on any atom is 0.0893 e. The quantitative estimate of drug-likeness (QED) is 0.670. The van der Waals surface area contributed by atoms with Gasteiger partial charge in [-0.05, 0) is 50.6 Å². The van der Waals surface area contributed by atoms with Crippen molar-refractivity contribution in [3.8, 4) is 0 Å². The Hall–Kier alpha value is -0.520. The van der Waals surface area contributed by atoms with Gasteiger partial charge in [-0.15, -0.1) is 5.10 Å². The van der Waals surface area contributed by atoms with E-state index in [9.17, 15) is 0 Å². The third-order valence-corrected chi connectivity index (χ3v) is 3.24. The Morgan fingerprint density at radius 3 is 2.75 bits per heavy atom. The van der Waals surface area contributed by atoms with Crippen molar-refractivity contribution >= 4 is 11.5 Å². The lowest BCUT2D eigenvalue weighted by Crippen LogP contribution is -2.25. The van der Waals surface area contributed by atoms with E-state index in [2.05, 4.69) is 33.7 Å². The first-order valence-corrected chi connectivity index (χ1v) is 6.89. The second-order valence-electron chi connectivity index (χ2n) is 3.81. The Morgan fingerprint density at radius 2 is 2.12 bits per heavy atom. The Kier molecular flexibility index (Phi) is 7.29. The van der Waals surface area contributed by atoms with Gasteiger partial charge in [0, 0.05) is 11.9 Å². The minimum atomic E-state index is 0.849. The van der Waals surface area contributed by atoms with Crippen LogP contribution in [0.25, 0.3) is 0 Å². The third kappa shape index (κ3) is 5.53. The van der Waals surface area contributed by atoms with Crippen molar-refractivity contribution in [3.63, 3.8) is 0 Å². The zero-order chi connectivity index (χ0) is 11.6. The van der Waals surface area contributed by atoms with Crippen molar-refractivity contribution in [2.75, 3.05) is 26.2 Å². The van der Waals surface area contributed by atoms with Crippen LogP contribution in [-0.4, -0.2) is 40.7 Å². The molecule has 92 valence electrons. The highest BCUT2D eigenvalue weighted by atomic mass is 32.1. The molecule has 0 bridgehead atoms. The molecule has 0 atom stereocenters. The average Bonchev–Trinajstić information content (AvgIpc) is 2.81. The standard InChI is InChI=1S/C11H22N4S/c1-3-15(4-2)8-6-5-7-12-9-11-10-16-14-13-11/h10,12H,3-9H2,1-2H3. The minimum absolute atomic E-state index is 0.849. The van der Waals surface area contributed by atoms with Gasteiger partial charge in [-0.2, -0.15) is 0 Å². The molecule has 1 aromatic heterocycles. The highest BCUT2D eigenvalue weighted by Gasteiger charge is 1.98. The molecular weight excluding hydrogens is 220 g/mol. The monoisotopic (exact) mass is 242 g/mol. The van der Waals surface area contributed by atoms with E-state index in [1.165, 1.54) is 30.9 Å². The second kappa shape index (κ2) is 8.61. The Labute approximate surface area is 102 Å². The molecule has 0 saturated heterocycles. The first-order chi connectivity index (χ1) is 7.86. The predicted octanol–water partition coefficient (Wildman–Crippen LogP) is 1.75. The van der Waals surface area contributed by atoms with Crippen LogP contribution in [-0.2, 0) is 6.54 Å². The van der Waals surface area contributed by atoms with E-state index in [0.717, 1.165) is 31.9 Å². The molecule has 0 fully saturated rings. The van der Waals surface area contributed by atoms with E-state index in [4.69, 9.17) is 0 Å². The molecule has 0 radical (unpaired) electrons. The fourth-order valence-corrected chi connectivity index (χ4v) is 2.05. The molecule has 1 N–H and O–H groups in total. The lowest BCUT2D eigenvalue weighted by molar-refractivity contribution is 0.296. The molecule has 4 nitrogen and oxygen atoms in total. The van der Waals surface area contributed by atoms with Gasteiger partial charge in [0.05, 0.1) is 5.69 Å². The number of unbranched alkanes of at least 4 members (excludes halogenated alkanes) is 1. The number of hydrogen-bond donors (Lipinski definition) is 1. The minimum Gasteiger partial charge on any atom is -0.311 e. The van der Waals surface area contributed by atoms with Gasteiger partial charge in [-0.3, -0.25) is 0 Å². The van der Waals surface area contributed by atoms with E-state index in [0.29, 0.717) is 0 Å². The molecule has 1 heterocycles. The van der Waals surface area contributed by atoms with E-state index in [1.54, 1.807) is 0 Å². The summed E-state index contributed by atoms with van der Waals surface area (Å²) in [5.74, 6) is 0. The molecule has 0 unspecified atom stereocenters. The van der Waals surface area contributed by atoms with Gasteiger partial charge < -0.3 is 10.2 Å². The lowest BCUT2D eigenvalue weighted by Gasteiger charge is -2.17.